The van der Waals surface area contributed by atoms with Crippen LogP contribution in [0.15, 0.2) is 23.8 Å². The maximum atomic E-state index is 12.8. The minimum absolute atomic E-state index is 0.0773. The summed E-state index contributed by atoms with van der Waals surface area (Å²) >= 11 is 0. The average molecular weight is 302 g/mol. The maximum Gasteiger partial charge on any atom is 0.139 e. The van der Waals surface area contributed by atoms with E-state index in [-0.39, 0.29) is 16.9 Å². The summed E-state index contributed by atoms with van der Waals surface area (Å²) in [7, 11) is 0. The van der Waals surface area contributed by atoms with Gasteiger partial charge in [0.1, 0.15) is 5.78 Å². The molecule has 2 fully saturated rings. The lowest BCUT2D eigenvalue weighted by Gasteiger charge is -2.45. The second-order valence-corrected chi connectivity index (χ2v) is 8.60. The fourth-order valence-electron chi connectivity index (χ4n) is 5.62. The van der Waals surface area contributed by atoms with E-state index in [1.165, 1.54) is 5.57 Å². The molecule has 6 atom stereocenters. The summed E-state index contributed by atoms with van der Waals surface area (Å²) in [6.45, 7) is 12.8. The Morgan fingerprint density at radius 2 is 2.09 bits per heavy atom. The molecule has 2 heteroatoms. The molecule has 0 aromatic rings. The number of hydrogen-bond donors (Lipinski definition) is 1. The van der Waals surface area contributed by atoms with E-state index in [4.69, 9.17) is 0 Å². The van der Waals surface area contributed by atoms with E-state index < -0.39 is 0 Å². The zero-order valence-corrected chi connectivity index (χ0v) is 14.5. The lowest BCUT2D eigenvalue weighted by Crippen LogP contribution is -2.43. The summed E-state index contributed by atoms with van der Waals surface area (Å²) < 4.78 is 0. The van der Waals surface area contributed by atoms with Crippen LogP contribution in [0.5, 0.6) is 0 Å². The van der Waals surface area contributed by atoms with Crippen LogP contribution >= 0.6 is 0 Å². The van der Waals surface area contributed by atoms with Crippen LogP contribution in [-0.2, 0) is 4.79 Å². The number of aliphatic hydroxyl groups excluding tert-OH is 1. The Morgan fingerprint density at radius 3 is 2.73 bits per heavy atom. The van der Waals surface area contributed by atoms with Gasteiger partial charge in [0.15, 0.2) is 0 Å². The molecule has 2 nitrogen and oxygen atoms in total. The monoisotopic (exact) mass is 302 g/mol. The molecule has 22 heavy (non-hydrogen) atoms. The van der Waals surface area contributed by atoms with Crippen LogP contribution in [-0.4, -0.2) is 17.0 Å². The van der Waals surface area contributed by atoms with Crippen LogP contribution in [0.2, 0.25) is 0 Å². The predicted molar refractivity (Wildman–Crippen MR) is 89.4 cm³/mol. The summed E-state index contributed by atoms with van der Waals surface area (Å²) in [6, 6.07) is 0. The Kier molecular flexibility index (Phi) is 3.67. The Bertz CT molecular complexity index is 546. The highest BCUT2D eigenvalue weighted by atomic mass is 16.3. The number of aliphatic hydroxyl groups is 1. The largest absolute Gasteiger partial charge is 0.392 e. The third-order valence-corrected chi connectivity index (χ3v) is 7.37. The smallest absolute Gasteiger partial charge is 0.139 e. The van der Waals surface area contributed by atoms with Crippen molar-refractivity contribution in [3.8, 4) is 0 Å². The van der Waals surface area contributed by atoms with Crippen molar-refractivity contribution < 1.29 is 9.90 Å². The molecule has 122 valence electrons. The summed E-state index contributed by atoms with van der Waals surface area (Å²) in [5.41, 5.74) is 2.22. The fourth-order valence-corrected chi connectivity index (χ4v) is 5.62. The molecule has 0 saturated heterocycles. The van der Waals surface area contributed by atoms with Gasteiger partial charge in [-0.2, -0.15) is 0 Å². The van der Waals surface area contributed by atoms with Gasteiger partial charge in [-0.3, -0.25) is 4.79 Å². The molecule has 0 aliphatic heterocycles. The van der Waals surface area contributed by atoms with Crippen molar-refractivity contribution in [3.05, 3.63) is 23.8 Å². The van der Waals surface area contributed by atoms with E-state index in [2.05, 4.69) is 40.3 Å². The van der Waals surface area contributed by atoms with E-state index in [0.29, 0.717) is 30.0 Å². The van der Waals surface area contributed by atoms with Gasteiger partial charge in [-0.15, -0.1) is 0 Å². The molecule has 0 spiro atoms. The van der Waals surface area contributed by atoms with Crippen molar-refractivity contribution in [2.75, 3.05) is 0 Å². The zero-order valence-electron chi connectivity index (χ0n) is 14.5. The predicted octanol–water partition coefficient (Wildman–Crippen LogP) is 4.29. The van der Waals surface area contributed by atoms with Crippen molar-refractivity contribution in [2.24, 2.45) is 28.6 Å². The summed E-state index contributed by atoms with van der Waals surface area (Å²) in [5.74, 6) is 1.49. The summed E-state index contributed by atoms with van der Waals surface area (Å²) in [4.78, 5) is 12.8. The number of allylic oxidation sites excluding steroid dienone is 2. The third-order valence-electron chi connectivity index (χ3n) is 7.37. The lowest BCUT2D eigenvalue weighted by molar-refractivity contribution is -0.127. The van der Waals surface area contributed by atoms with E-state index >= 15 is 0 Å². The van der Waals surface area contributed by atoms with E-state index in [0.717, 1.165) is 31.3 Å². The third kappa shape index (κ3) is 2.06. The van der Waals surface area contributed by atoms with Gasteiger partial charge in [-0.1, -0.05) is 37.6 Å². The van der Waals surface area contributed by atoms with Gasteiger partial charge in [0.2, 0.25) is 0 Å². The van der Waals surface area contributed by atoms with Gasteiger partial charge in [0, 0.05) is 17.3 Å². The highest BCUT2D eigenvalue weighted by Gasteiger charge is 2.58. The number of carbonyl (C=O) groups is 1. The SMILES string of the molecule is C=C(C)C1CC(=O)C2(C)CC3C(C)=CCC(O)C3(C)CCC12. The topological polar surface area (TPSA) is 37.3 Å². The van der Waals surface area contributed by atoms with Crippen molar-refractivity contribution in [1.82, 2.24) is 0 Å². The highest BCUT2D eigenvalue weighted by Crippen LogP contribution is 2.60. The van der Waals surface area contributed by atoms with Crippen LogP contribution in [0.4, 0.5) is 0 Å². The van der Waals surface area contributed by atoms with Crippen LogP contribution in [0.25, 0.3) is 0 Å². The van der Waals surface area contributed by atoms with Crippen LogP contribution in [0.1, 0.15) is 59.8 Å². The molecule has 3 aliphatic rings. The first-order chi connectivity index (χ1) is 10.2. The molecule has 0 aromatic heterocycles. The number of fused-ring (bicyclic) bond motifs is 2. The maximum absolute atomic E-state index is 12.8. The van der Waals surface area contributed by atoms with Crippen molar-refractivity contribution >= 4 is 5.78 Å². The molecule has 0 amide bonds. The minimum atomic E-state index is -0.276. The van der Waals surface area contributed by atoms with Crippen LogP contribution in [0.3, 0.4) is 0 Å². The van der Waals surface area contributed by atoms with E-state index in [1.54, 1.807) is 0 Å². The van der Waals surface area contributed by atoms with E-state index in [1.807, 2.05) is 0 Å². The molecule has 6 unspecified atom stereocenters. The first kappa shape index (κ1) is 16.0. The molecule has 3 rings (SSSR count). The average Bonchev–Trinajstić information content (AvgIpc) is 2.61. The molecular weight excluding hydrogens is 272 g/mol. The number of hydrogen-bond acceptors (Lipinski definition) is 2. The van der Waals surface area contributed by atoms with Gasteiger partial charge < -0.3 is 5.11 Å². The molecule has 3 aliphatic carbocycles. The number of carbonyl (C=O) groups excluding carboxylic acids is 1. The molecule has 0 heterocycles. The van der Waals surface area contributed by atoms with Gasteiger partial charge in [0.25, 0.3) is 0 Å². The first-order valence-corrected chi connectivity index (χ1v) is 8.73. The summed E-state index contributed by atoms with van der Waals surface area (Å²) in [5, 5.41) is 10.6. The molecule has 0 bridgehead atoms. The lowest BCUT2D eigenvalue weighted by atomic mass is 9.61. The van der Waals surface area contributed by atoms with Crippen molar-refractivity contribution in [3.63, 3.8) is 0 Å². The summed E-state index contributed by atoms with van der Waals surface area (Å²) in [6.07, 6.45) is 6.30. The van der Waals surface area contributed by atoms with Crippen LogP contribution < -0.4 is 0 Å². The van der Waals surface area contributed by atoms with E-state index in [9.17, 15) is 9.90 Å². The Labute approximate surface area is 134 Å². The molecule has 0 radical (unpaired) electrons. The number of rotatable bonds is 1. The second-order valence-electron chi connectivity index (χ2n) is 8.60. The highest BCUT2D eigenvalue weighted by molar-refractivity contribution is 5.88. The molecular formula is C20H30O2. The second kappa shape index (κ2) is 5.06. The van der Waals surface area contributed by atoms with Gasteiger partial charge >= 0.3 is 0 Å². The fraction of sp³-hybridized carbons (Fsp3) is 0.750. The van der Waals surface area contributed by atoms with Gasteiger partial charge in [0.05, 0.1) is 6.10 Å². The van der Waals surface area contributed by atoms with Gasteiger partial charge in [-0.25, -0.2) is 0 Å². The Hall–Kier alpha value is -0.890. The van der Waals surface area contributed by atoms with Gasteiger partial charge in [-0.05, 0) is 57.3 Å². The quantitative estimate of drug-likeness (QED) is 0.734. The standard InChI is InChI=1S/C20H30O2/c1-12(2)14-10-18(22)20(5)11-16-13(3)6-7-17(21)19(16,4)9-8-15(14)20/h6,14-17,21H,1,7-11H2,2-5H3. The Balaban J connectivity index is 2.03. The number of ketones is 1. The van der Waals surface area contributed by atoms with Crippen molar-refractivity contribution in [2.45, 2.75) is 65.9 Å². The number of Topliss-reactive ketones (excluding diaryl/α,β-unsaturated/α-hetero) is 1. The molecule has 2 saturated carbocycles. The molecule has 0 aromatic carbocycles. The minimum Gasteiger partial charge on any atom is -0.392 e. The normalized spacial score (nSPS) is 48.2. The zero-order chi connectivity index (χ0) is 16.3. The van der Waals surface area contributed by atoms with Crippen molar-refractivity contribution in [1.29, 1.82) is 0 Å². The molecule has 1 N–H and O–H groups in total. The van der Waals surface area contributed by atoms with Crippen LogP contribution in [0, 0.1) is 28.6 Å². The first-order valence-electron chi connectivity index (χ1n) is 8.73. The Morgan fingerprint density at radius 1 is 1.41 bits per heavy atom.